The molecule has 0 radical (unpaired) electrons. The SMILES string of the molecule is Cn1cc(CC(=O)Nc2ncccc2O)c2ccccc21. The van der Waals surface area contributed by atoms with Gasteiger partial charge in [-0.25, -0.2) is 4.98 Å². The van der Waals surface area contributed by atoms with Gasteiger partial charge < -0.3 is 15.0 Å². The monoisotopic (exact) mass is 281 g/mol. The van der Waals surface area contributed by atoms with Crippen molar-refractivity contribution in [1.29, 1.82) is 0 Å². The number of anilines is 1. The van der Waals surface area contributed by atoms with E-state index in [1.807, 2.05) is 42.1 Å². The van der Waals surface area contributed by atoms with Crippen LogP contribution < -0.4 is 5.32 Å². The van der Waals surface area contributed by atoms with Crippen LogP contribution in [0.15, 0.2) is 48.8 Å². The fraction of sp³-hybridized carbons (Fsp3) is 0.125. The number of para-hydroxylation sites is 1. The number of aromatic nitrogens is 2. The maximum Gasteiger partial charge on any atom is 0.230 e. The Balaban J connectivity index is 1.82. The Morgan fingerprint density at radius 1 is 1.29 bits per heavy atom. The molecule has 2 heterocycles. The van der Waals surface area contributed by atoms with Gasteiger partial charge in [-0.3, -0.25) is 4.79 Å². The second-order valence-corrected chi connectivity index (χ2v) is 4.88. The zero-order chi connectivity index (χ0) is 14.8. The van der Waals surface area contributed by atoms with Gasteiger partial charge in [0.1, 0.15) is 0 Å². The summed E-state index contributed by atoms with van der Waals surface area (Å²) < 4.78 is 2.00. The summed E-state index contributed by atoms with van der Waals surface area (Å²) in [5.41, 5.74) is 2.03. The van der Waals surface area contributed by atoms with Gasteiger partial charge in [0.25, 0.3) is 0 Å². The summed E-state index contributed by atoms with van der Waals surface area (Å²) >= 11 is 0. The molecule has 21 heavy (non-hydrogen) atoms. The van der Waals surface area contributed by atoms with E-state index in [1.54, 1.807) is 6.07 Å². The highest BCUT2D eigenvalue weighted by atomic mass is 16.3. The summed E-state index contributed by atoms with van der Waals surface area (Å²) in [6.07, 6.45) is 3.70. The van der Waals surface area contributed by atoms with E-state index in [2.05, 4.69) is 10.3 Å². The van der Waals surface area contributed by atoms with Gasteiger partial charge in [-0.1, -0.05) is 18.2 Å². The normalized spacial score (nSPS) is 10.7. The van der Waals surface area contributed by atoms with Crippen molar-refractivity contribution in [1.82, 2.24) is 9.55 Å². The third-order valence-corrected chi connectivity index (χ3v) is 3.37. The molecule has 3 rings (SSSR count). The third kappa shape index (κ3) is 2.58. The molecule has 0 aliphatic rings. The molecule has 0 bridgehead atoms. The molecule has 3 aromatic rings. The molecule has 0 unspecified atom stereocenters. The van der Waals surface area contributed by atoms with Crippen LogP contribution in [0, 0.1) is 0 Å². The molecule has 1 aromatic carbocycles. The average molecular weight is 281 g/mol. The molecule has 2 N–H and O–H groups in total. The summed E-state index contributed by atoms with van der Waals surface area (Å²) in [7, 11) is 1.95. The number of nitrogens with one attached hydrogen (secondary N) is 1. The molecular weight excluding hydrogens is 266 g/mol. The Morgan fingerprint density at radius 2 is 2.10 bits per heavy atom. The number of nitrogens with zero attached hydrogens (tertiary/aromatic N) is 2. The molecule has 2 aromatic heterocycles. The summed E-state index contributed by atoms with van der Waals surface area (Å²) in [6.45, 7) is 0. The van der Waals surface area contributed by atoms with E-state index >= 15 is 0 Å². The van der Waals surface area contributed by atoms with Gasteiger partial charge in [-0.2, -0.15) is 0 Å². The first kappa shape index (κ1) is 13.2. The fourth-order valence-corrected chi connectivity index (χ4v) is 2.41. The molecule has 0 saturated carbocycles. The molecule has 0 spiro atoms. The quantitative estimate of drug-likeness (QED) is 0.775. The van der Waals surface area contributed by atoms with Crippen LogP contribution in [0.5, 0.6) is 5.75 Å². The number of benzene rings is 1. The van der Waals surface area contributed by atoms with Gasteiger partial charge in [0, 0.05) is 30.3 Å². The molecule has 0 aliphatic carbocycles. The molecule has 0 saturated heterocycles. The standard InChI is InChI=1S/C16H15N3O2/c1-19-10-11(12-5-2-3-6-13(12)19)9-15(21)18-16-14(20)7-4-8-17-16/h2-8,10,20H,9H2,1H3,(H,17,18,21). The van der Waals surface area contributed by atoms with Gasteiger partial charge in [-0.05, 0) is 23.8 Å². The van der Waals surface area contributed by atoms with E-state index in [-0.39, 0.29) is 23.9 Å². The maximum atomic E-state index is 12.1. The van der Waals surface area contributed by atoms with Gasteiger partial charge in [-0.15, -0.1) is 0 Å². The van der Waals surface area contributed by atoms with E-state index in [0.29, 0.717) is 0 Å². The minimum atomic E-state index is -0.208. The first-order valence-electron chi connectivity index (χ1n) is 6.62. The van der Waals surface area contributed by atoms with Crippen LogP contribution in [0.25, 0.3) is 10.9 Å². The van der Waals surface area contributed by atoms with Crippen LogP contribution in [0.1, 0.15) is 5.56 Å². The van der Waals surface area contributed by atoms with Crippen molar-refractivity contribution < 1.29 is 9.90 Å². The number of aryl methyl sites for hydroxylation is 1. The van der Waals surface area contributed by atoms with Crippen molar-refractivity contribution in [3.63, 3.8) is 0 Å². The lowest BCUT2D eigenvalue weighted by atomic mass is 10.1. The molecular formula is C16H15N3O2. The summed E-state index contributed by atoms with van der Waals surface area (Å²) in [4.78, 5) is 16.1. The average Bonchev–Trinajstić information content (AvgIpc) is 2.79. The van der Waals surface area contributed by atoms with Crippen LogP contribution in [0.3, 0.4) is 0 Å². The number of hydrogen-bond donors (Lipinski definition) is 2. The Bertz CT molecular complexity index is 808. The molecule has 5 nitrogen and oxygen atoms in total. The van der Waals surface area contributed by atoms with Crippen molar-refractivity contribution in [3.05, 3.63) is 54.4 Å². The number of pyridine rings is 1. The van der Waals surface area contributed by atoms with Gasteiger partial charge in [0.15, 0.2) is 11.6 Å². The predicted molar refractivity (Wildman–Crippen MR) is 81.2 cm³/mol. The van der Waals surface area contributed by atoms with Crippen LogP contribution in [-0.4, -0.2) is 20.6 Å². The number of carbonyl (C=O) groups excluding carboxylic acids is 1. The zero-order valence-electron chi connectivity index (χ0n) is 11.6. The van der Waals surface area contributed by atoms with Crippen molar-refractivity contribution in [2.24, 2.45) is 7.05 Å². The van der Waals surface area contributed by atoms with E-state index < -0.39 is 0 Å². The summed E-state index contributed by atoms with van der Waals surface area (Å²) in [5, 5.41) is 13.3. The lowest BCUT2D eigenvalue weighted by Crippen LogP contribution is -2.15. The highest BCUT2D eigenvalue weighted by molar-refractivity contribution is 5.96. The fourth-order valence-electron chi connectivity index (χ4n) is 2.41. The van der Waals surface area contributed by atoms with E-state index in [1.165, 1.54) is 12.3 Å². The van der Waals surface area contributed by atoms with E-state index in [0.717, 1.165) is 16.5 Å². The lowest BCUT2D eigenvalue weighted by molar-refractivity contribution is -0.115. The van der Waals surface area contributed by atoms with Gasteiger partial charge in [0.05, 0.1) is 6.42 Å². The minimum absolute atomic E-state index is 0.0382. The second-order valence-electron chi connectivity index (χ2n) is 4.88. The van der Waals surface area contributed by atoms with Crippen molar-refractivity contribution in [3.8, 4) is 5.75 Å². The molecule has 0 atom stereocenters. The lowest BCUT2D eigenvalue weighted by Gasteiger charge is -2.05. The largest absolute Gasteiger partial charge is 0.504 e. The molecule has 0 fully saturated rings. The highest BCUT2D eigenvalue weighted by Gasteiger charge is 2.12. The Labute approximate surface area is 121 Å². The highest BCUT2D eigenvalue weighted by Crippen LogP contribution is 2.22. The number of fused-ring (bicyclic) bond motifs is 1. The number of rotatable bonds is 3. The zero-order valence-corrected chi connectivity index (χ0v) is 11.6. The van der Waals surface area contributed by atoms with Crippen LogP contribution in [0.4, 0.5) is 5.82 Å². The summed E-state index contributed by atoms with van der Waals surface area (Å²) in [5.74, 6) is -0.0631. The molecule has 106 valence electrons. The number of hydrogen-bond acceptors (Lipinski definition) is 3. The second kappa shape index (κ2) is 5.28. The Morgan fingerprint density at radius 3 is 2.90 bits per heavy atom. The van der Waals surface area contributed by atoms with E-state index in [9.17, 15) is 9.90 Å². The van der Waals surface area contributed by atoms with Crippen LogP contribution in [0.2, 0.25) is 0 Å². The smallest absolute Gasteiger partial charge is 0.230 e. The van der Waals surface area contributed by atoms with Crippen LogP contribution in [-0.2, 0) is 18.3 Å². The topological polar surface area (TPSA) is 67.2 Å². The van der Waals surface area contributed by atoms with Crippen molar-refractivity contribution in [2.45, 2.75) is 6.42 Å². The molecule has 5 heteroatoms. The Kier molecular flexibility index (Phi) is 3.31. The molecule has 1 amide bonds. The number of amides is 1. The van der Waals surface area contributed by atoms with Gasteiger partial charge >= 0.3 is 0 Å². The molecule has 0 aliphatic heterocycles. The van der Waals surface area contributed by atoms with E-state index in [4.69, 9.17) is 0 Å². The third-order valence-electron chi connectivity index (χ3n) is 3.37. The first-order valence-corrected chi connectivity index (χ1v) is 6.62. The first-order chi connectivity index (χ1) is 10.1. The minimum Gasteiger partial charge on any atom is -0.504 e. The maximum absolute atomic E-state index is 12.1. The number of carbonyl (C=O) groups is 1. The number of aromatic hydroxyl groups is 1. The Hall–Kier alpha value is -2.82. The van der Waals surface area contributed by atoms with Crippen molar-refractivity contribution >= 4 is 22.6 Å². The van der Waals surface area contributed by atoms with Crippen LogP contribution >= 0.6 is 0 Å². The van der Waals surface area contributed by atoms with Gasteiger partial charge in [0.2, 0.25) is 5.91 Å². The van der Waals surface area contributed by atoms with Crippen molar-refractivity contribution in [2.75, 3.05) is 5.32 Å². The predicted octanol–water partition coefficient (Wildman–Crippen LogP) is 2.46. The summed E-state index contributed by atoms with van der Waals surface area (Å²) in [6, 6.07) is 11.0.